The van der Waals surface area contributed by atoms with Crippen LogP contribution in [0.2, 0.25) is 0 Å². The first-order valence-electron chi connectivity index (χ1n) is 1.79. The molecule has 0 aliphatic rings. The van der Waals surface area contributed by atoms with E-state index in [1.54, 1.807) is 0 Å². The molecular weight excluding hydrogens is 155 g/mol. The van der Waals surface area contributed by atoms with Crippen LogP contribution in [0.25, 0.3) is 0 Å². The van der Waals surface area contributed by atoms with E-state index < -0.39 is 15.9 Å². The first-order valence-corrected chi connectivity index (χ1v) is 3.37. The molecular formula is C3H5NaO4S. The number of hydrogen-bond acceptors (Lipinski definition) is 4. The molecule has 6 heteroatoms. The third kappa shape index (κ3) is 11.8. The van der Waals surface area contributed by atoms with Crippen molar-refractivity contribution in [1.82, 2.24) is 0 Å². The number of aliphatic hydroxyl groups is 1. The van der Waals surface area contributed by atoms with E-state index in [0.717, 1.165) is 6.08 Å². The summed E-state index contributed by atoms with van der Waals surface area (Å²) >= 11 is 0. The molecule has 0 rings (SSSR count). The van der Waals surface area contributed by atoms with Gasteiger partial charge >= 0.3 is 29.6 Å². The maximum absolute atomic E-state index is 9.67. The van der Waals surface area contributed by atoms with Gasteiger partial charge in [-0.3, -0.25) is 0 Å². The van der Waals surface area contributed by atoms with Gasteiger partial charge in [-0.25, -0.2) is 8.42 Å². The molecule has 48 valence electrons. The number of aliphatic hydroxyl groups excluding tert-OH is 1. The zero-order valence-electron chi connectivity index (χ0n) is 4.94. The molecule has 0 spiro atoms. The molecule has 0 aliphatic carbocycles. The van der Waals surface area contributed by atoms with Crippen molar-refractivity contribution in [2.45, 2.75) is 0 Å². The van der Waals surface area contributed by atoms with E-state index in [9.17, 15) is 13.0 Å². The summed E-state index contributed by atoms with van der Waals surface area (Å²) in [6, 6.07) is 0. The fraction of sp³-hybridized carbons (Fsp3) is 0.333. The first-order chi connectivity index (χ1) is 3.56. The fourth-order valence-corrected chi connectivity index (χ4v) is 0.483. The predicted octanol–water partition coefficient (Wildman–Crippen LogP) is -3.39. The van der Waals surface area contributed by atoms with Gasteiger partial charge in [0, 0.05) is 0 Å². The van der Waals surface area contributed by atoms with Crippen molar-refractivity contribution in [3.05, 3.63) is 12.3 Å². The molecule has 0 bridgehead atoms. The van der Waals surface area contributed by atoms with Gasteiger partial charge in [0.25, 0.3) is 0 Å². The molecule has 0 aromatic carbocycles. The average molecular weight is 160 g/mol. The molecule has 1 N–H and O–H groups in total. The van der Waals surface area contributed by atoms with Gasteiger partial charge in [-0.15, -0.1) is 0 Å². The summed E-state index contributed by atoms with van der Waals surface area (Å²) in [5.74, 6) is -0.649. The summed E-state index contributed by atoms with van der Waals surface area (Å²) in [4.78, 5) is 0. The van der Waals surface area contributed by atoms with Crippen LogP contribution >= 0.6 is 0 Å². The third-order valence-corrected chi connectivity index (χ3v) is 1.01. The quantitative estimate of drug-likeness (QED) is 0.259. The smallest absolute Gasteiger partial charge is 0.748 e. The van der Waals surface area contributed by atoms with Crippen molar-refractivity contribution in [2.75, 3.05) is 5.75 Å². The number of hydrogen-bond donors (Lipinski definition) is 1. The van der Waals surface area contributed by atoms with Crippen LogP contribution in [-0.4, -0.2) is 23.8 Å². The second-order valence-corrected chi connectivity index (χ2v) is 2.56. The Hall–Kier alpha value is 0.450. The molecule has 0 aromatic heterocycles. The SMILES string of the molecule is O=S(=O)([O-])C/C=C/O.[Na+]. The Labute approximate surface area is 75.6 Å². The van der Waals surface area contributed by atoms with Gasteiger partial charge < -0.3 is 9.66 Å². The van der Waals surface area contributed by atoms with Crippen LogP contribution in [0.3, 0.4) is 0 Å². The summed E-state index contributed by atoms with van der Waals surface area (Å²) in [5.41, 5.74) is 0. The molecule has 0 aromatic rings. The van der Waals surface area contributed by atoms with Crippen LogP contribution in [0.1, 0.15) is 0 Å². The summed E-state index contributed by atoms with van der Waals surface area (Å²) in [6.07, 6.45) is 1.39. The van der Waals surface area contributed by atoms with E-state index in [1.165, 1.54) is 0 Å². The summed E-state index contributed by atoms with van der Waals surface area (Å²) in [5, 5.41) is 7.85. The molecule has 0 aliphatic heterocycles. The summed E-state index contributed by atoms with van der Waals surface area (Å²) < 4.78 is 29.0. The van der Waals surface area contributed by atoms with E-state index in [2.05, 4.69) is 0 Å². The monoisotopic (exact) mass is 160 g/mol. The van der Waals surface area contributed by atoms with Crippen molar-refractivity contribution in [1.29, 1.82) is 0 Å². The van der Waals surface area contributed by atoms with Crippen LogP contribution in [0.4, 0.5) is 0 Å². The minimum absolute atomic E-state index is 0. The van der Waals surface area contributed by atoms with Gasteiger partial charge in [0.2, 0.25) is 0 Å². The Bertz CT molecular complexity index is 170. The van der Waals surface area contributed by atoms with Gasteiger partial charge in [0.05, 0.1) is 22.1 Å². The van der Waals surface area contributed by atoms with Crippen molar-refractivity contribution < 1.29 is 47.6 Å². The Balaban J connectivity index is 0. The van der Waals surface area contributed by atoms with E-state index >= 15 is 0 Å². The van der Waals surface area contributed by atoms with Crippen molar-refractivity contribution >= 4 is 10.1 Å². The second kappa shape index (κ2) is 5.25. The van der Waals surface area contributed by atoms with Crippen LogP contribution < -0.4 is 29.6 Å². The van der Waals surface area contributed by atoms with Gasteiger partial charge in [0.1, 0.15) is 0 Å². The first kappa shape index (κ1) is 12.2. The Morgan fingerprint density at radius 3 is 2.11 bits per heavy atom. The maximum Gasteiger partial charge on any atom is 1.00 e. The fourth-order valence-electron chi connectivity index (χ4n) is 0.161. The Morgan fingerprint density at radius 1 is 1.56 bits per heavy atom. The molecule has 0 saturated carbocycles. The molecule has 0 unspecified atom stereocenters. The number of rotatable bonds is 2. The van der Waals surface area contributed by atoms with Crippen molar-refractivity contribution in [2.24, 2.45) is 0 Å². The van der Waals surface area contributed by atoms with Crippen molar-refractivity contribution in [3.8, 4) is 0 Å². The molecule has 0 amide bonds. The van der Waals surface area contributed by atoms with Crippen LogP contribution in [0, 0.1) is 0 Å². The second-order valence-electron chi connectivity index (χ2n) is 1.11. The predicted molar refractivity (Wildman–Crippen MR) is 26.3 cm³/mol. The summed E-state index contributed by atoms with van der Waals surface area (Å²) in [6.45, 7) is 0. The van der Waals surface area contributed by atoms with E-state index in [1.807, 2.05) is 0 Å². The third-order valence-electron chi connectivity index (χ3n) is 0.406. The zero-order valence-corrected chi connectivity index (χ0v) is 7.76. The molecule has 0 atom stereocenters. The standard InChI is InChI=1S/C3H6O4S.Na/c4-2-1-3-8(5,6)7;/h1-2,4H,3H2,(H,5,6,7);/q;+1/p-1/b2-1+;. The van der Waals surface area contributed by atoms with Crippen LogP contribution in [-0.2, 0) is 10.1 Å². The van der Waals surface area contributed by atoms with Gasteiger partial charge in [0.15, 0.2) is 0 Å². The molecule has 9 heavy (non-hydrogen) atoms. The minimum atomic E-state index is -4.18. The molecule has 4 nitrogen and oxygen atoms in total. The van der Waals surface area contributed by atoms with E-state index in [-0.39, 0.29) is 29.6 Å². The largest absolute Gasteiger partial charge is 1.00 e. The van der Waals surface area contributed by atoms with E-state index in [4.69, 9.17) is 5.11 Å². The van der Waals surface area contributed by atoms with Crippen LogP contribution in [0.15, 0.2) is 12.3 Å². The van der Waals surface area contributed by atoms with Crippen molar-refractivity contribution in [3.63, 3.8) is 0 Å². The van der Waals surface area contributed by atoms with Gasteiger partial charge in [-0.05, 0) is 6.08 Å². The van der Waals surface area contributed by atoms with Crippen LogP contribution in [0.5, 0.6) is 0 Å². The Morgan fingerprint density at radius 2 is 2.00 bits per heavy atom. The topological polar surface area (TPSA) is 77.4 Å². The van der Waals surface area contributed by atoms with Gasteiger partial charge in [-0.1, -0.05) is 0 Å². The molecule has 0 fully saturated rings. The Kier molecular flexibility index (Phi) is 7.09. The molecule has 0 saturated heterocycles. The normalized spacial score (nSPS) is 11.2. The van der Waals surface area contributed by atoms with Gasteiger partial charge in [-0.2, -0.15) is 0 Å². The molecule has 0 heterocycles. The molecule has 0 radical (unpaired) electrons. The zero-order chi connectivity index (χ0) is 6.62. The minimum Gasteiger partial charge on any atom is -0.748 e. The average Bonchev–Trinajstić information content (AvgIpc) is 1.59. The van der Waals surface area contributed by atoms with E-state index in [0.29, 0.717) is 6.26 Å². The maximum atomic E-state index is 9.67. The summed E-state index contributed by atoms with van der Waals surface area (Å²) in [7, 11) is -4.18.